The Hall–Kier alpha value is -0.315. The molecule has 0 aromatic rings. The van der Waals surface area contributed by atoms with E-state index in [1.54, 1.807) is 5.57 Å². The fourth-order valence-corrected chi connectivity index (χ4v) is 7.21. The fourth-order valence-electron chi connectivity index (χ4n) is 7.21. The van der Waals surface area contributed by atoms with Crippen molar-refractivity contribution in [1.82, 2.24) is 5.23 Å². The van der Waals surface area contributed by atoms with Gasteiger partial charge in [-0.2, -0.15) is 0 Å². The maximum Gasteiger partial charge on any atom is 0.373 e. The van der Waals surface area contributed by atoms with Crippen LogP contribution in [-0.2, 0) is 0 Å². The topological polar surface area (TPSA) is 52.5 Å². The molecule has 0 saturated heterocycles. The van der Waals surface area contributed by atoms with Gasteiger partial charge in [-0.15, -0.1) is 0 Å². The molecule has 3 saturated carbocycles. The SMILES string of the molecule is CB(O)NC1CCC2C3CC=C4C[C@@H](O)CC[C@]4(C)C3CC[C@]12C. The standard InChI is InChI=1S/C20H34BNO2/c1-19-10-8-14(23)12-13(19)4-5-15-16-6-7-18(22-21(3)24)20(16,2)11-9-17(15)19/h4,14-18,22-24H,5-12H2,1-3H3/t14-,15?,16?,17?,18?,19-,20-/m0/s1. The highest BCUT2D eigenvalue weighted by atomic mass is 16.3. The van der Waals surface area contributed by atoms with Crippen LogP contribution >= 0.6 is 0 Å². The van der Waals surface area contributed by atoms with Crippen LogP contribution in [0.4, 0.5) is 0 Å². The highest BCUT2D eigenvalue weighted by Crippen LogP contribution is 2.64. The van der Waals surface area contributed by atoms with Crippen molar-refractivity contribution in [1.29, 1.82) is 0 Å². The third-order valence-electron chi connectivity index (χ3n) is 8.52. The van der Waals surface area contributed by atoms with Gasteiger partial charge in [-0.05, 0) is 86.8 Å². The van der Waals surface area contributed by atoms with Crippen LogP contribution in [0.15, 0.2) is 11.6 Å². The van der Waals surface area contributed by atoms with E-state index < -0.39 is 7.05 Å². The van der Waals surface area contributed by atoms with Crippen LogP contribution < -0.4 is 5.23 Å². The molecule has 0 heterocycles. The molecule has 3 N–H and O–H groups in total. The summed E-state index contributed by atoms with van der Waals surface area (Å²) in [6, 6.07) is 0.467. The molecule has 4 aliphatic carbocycles. The number of fused-ring (bicyclic) bond motifs is 5. The quantitative estimate of drug-likeness (QED) is 0.537. The summed E-state index contributed by atoms with van der Waals surface area (Å²) < 4.78 is 0. The van der Waals surface area contributed by atoms with Crippen molar-refractivity contribution >= 4 is 7.05 Å². The molecular formula is C20H34BNO2. The molecule has 0 aromatic heterocycles. The minimum absolute atomic E-state index is 0.110. The zero-order chi connectivity index (χ0) is 17.1. The molecule has 0 aliphatic heterocycles. The van der Waals surface area contributed by atoms with Gasteiger partial charge in [-0.25, -0.2) is 0 Å². The van der Waals surface area contributed by atoms with Crippen molar-refractivity contribution < 1.29 is 10.1 Å². The van der Waals surface area contributed by atoms with Gasteiger partial charge < -0.3 is 15.4 Å². The summed E-state index contributed by atoms with van der Waals surface area (Å²) >= 11 is 0. The second-order valence-corrected chi connectivity index (χ2v) is 9.67. The van der Waals surface area contributed by atoms with Crippen molar-refractivity contribution in [2.45, 2.75) is 84.2 Å². The predicted octanol–water partition coefficient (Wildman–Crippen LogP) is 3.38. The fraction of sp³-hybridized carbons (Fsp3) is 0.900. The Morgan fingerprint density at radius 3 is 2.67 bits per heavy atom. The van der Waals surface area contributed by atoms with Crippen LogP contribution in [0.25, 0.3) is 0 Å². The number of aliphatic hydroxyl groups is 1. The molecule has 24 heavy (non-hydrogen) atoms. The molecule has 0 aromatic carbocycles. The number of hydrogen-bond acceptors (Lipinski definition) is 3. The highest BCUT2D eigenvalue weighted by molar-refractivity contribution is 6.45. The molecule has 4 heteroatoms. The van der Waals surface area contributed by atoms with Crippen molar-refractivity contribution in [3.05, 3.63) is 11.6 Å². The van der Waals surface area contributed by atoms with E-state index in [1.165, 1.54) is 38.5 Å². The van der Waals surface area contributed by atoms with E-state index in [2.05, 4.69) is 25.2 Å². The van der Waals surface area contributed by atoms with E-state index >= 15 is 0 Å². The summed E-state index contributed by atoms with van der Waals surface area (Å²) in [5.74, 6) is 2.39. The average molecular weight is 331 g/mol. The molecule has 7 atom stereocenters. The number of allylic oxidation sites excluding steroid dienone is 1. The lowest BCUT2D eigenvalue weighted by Crippen LogP contribution is -2.54. The van der Waals surface area contributed by atoms with Crippen LogP contribution in [0.5, 0.6) is 0 Å². The van der Waals surface area contributed by atoms with E-state index in [-0.39, 0.29) is 6.10 Å². The molecule has 3 nitrogen and oxygen atoms in total. The van der Waals surface area contributed by atoms with E-state index in [0.717, 1.165) is 30.6 Å². The molecule has 134 valence electrons. The van der Waals surface area contributed by atoms with E-state index in [0.29, 0.717) is 16.9 Å². The van der Waals surface area contributed by atoms with Gasteiger partial charge in [0.1, 0.15) is 0 Å². The van der Waals surface area contributed by atoms with Crippen molar-refractivity contribution in [2.75, 3.05) is 0 Å². The van der Waals surface area contributed by atoms with Crippen LogP contribution in [0.3, 0.4) is 0 Å². The second-order valence-electron chi connectivity index (χ2n) is 9.67. The van der Waals surface area contributed by atoms with E-state index in [9.17, 15) is 10.1 Å². The summed E-state index contributed by atoms with van der Waals surface area (Å²) in [7, 11) is -0.404. The predicted molar refractivity (Wildman–Crippen MR) is 98.5 cm³/mol. The average Bonchev–Trinajstić information content (AvgIpc) is 2.84. The minimum Gasteiger partial charge on any atom is -0.437 e. The summed E-state index contributed by atoms with van der Waals surface area (Å²) in [5, 5.41) is 23.4. The normalized spacial score (nSPS) is 50.5. The Balaban J connectivity index is 1.60. The number of nitrogens with one attached hydrogen (secondary N) is 1. The highest BCUT2D eigenvalue weighted by Gasteiger charge is 2.58. The van der Waals surface area contributed by atoms with Crippen molar-refractivity contribution in [2.24, 2.45) is 28.6 Å². The molecule has 3 fully saturated rings. The first-order valence-electron chi connectivity index (χ1n) is 10.2. The van der Waals surface area contributed by atoms with Crippen molar-refractivity contribution in [3.63, 3.8) is 0 Å². The lowest BCUT2D eigenvalue weighted by molar-refractivity contribution is -0.0418. The molecule has 4 aliphatic rings. The van der Waals surface area contributed by atoms with Gasteiger partial charge in [0.2, 0.25) is 0 Å². The van der Waals surface area contributed by atoms with Gasteiger partial charge in [0.25, 0.3) is 0 Å². The van der Waals surface area contributed by atoms with E-state index in [1.807, 2.05) is 6.82 Å². The summed E-state index contributed by atoms with van der Waals surface area (Å²) in [6.45, 7) is 6.82. The first-order valence-corrected chi connectivity index (χ1v) is 10.2. The summed E-state index contributed by atoms with van der Waals surface area (Å²) in [6.07, 6.45) is 11.8. The van der Waals surface area contributed by atoms with Crippen molar-refractivity contribution in [3.8, 4) is 0 Å². The number of hydrogen-bond donors (Lipinski definition) is 3. The smallest absolute Gasteiger partial charge is 0.373 e. The van der Waals surface area contributed by atoms with Gasteiger partial charge >= 0.3 is 7.05 Å². The largest absolute Gasteiger partial charge is 0.437 e. The van der Waals surface area contributed by atoms with Gasteiger partial charge in [0.15, 0.2) is 0 Å². The maximum absolute atomic E-state index is 10.1. The Morgan fingerprint density at radius 2 is 1.92 bits per heavy atom. The Labute approximate surface area is 147 Å². The summed E-state index contributed by atoms with van der Waals surface area (Å²) in [4.78, 5) is 0. The van der Waals surface area contributed by atoms with Gasteiger partial charge in [-0.3, -0.25) is 0 Å². The Morgan fingerprint density at radius 1 is 1.12 bits per heavy atom. The number of rotatable bonds is 2. The third kappa shape index (κ3) is 2.44. The Kier molecular flexibility index (Phi) is 4.18. The molecule has 0 radical (unpaired) electrons. The molecule has 4 unspecified atom stereocenters. The molecule has 0 amide bonds. The van der Waals surface area contributed by atoms with E-state index in [4.69, 9.17) is 0 Å². The maximum atomic E-state index is 10.1. The van der Waals surface area contributed by atoms with Gasteiger partial charge in [-0.1, -0.05) is 25.5 Å². The molecule has 4 rings (SSSR count). The zero-order valence-corrected chi connectivity index (χ0v) is 15.6. The second kappa shape index (κ2) is 5.85. The van der Waals surface area contributed by atoms with Gasteiger partial charge in [0.05, 0.1) is 6.10 Å². The van der Waals surface area contributed by atoms with Crippen LogP contribution in [-0.4, -0.2) is 29.3 Å². The van der Waals surface area contributed by atoms with Crippen LogP contribution in [0.1, 0.15) is 65.2 Å². The lowest BCUT2D eigenvalue weighted by Gasteiger charge is -2.58. The molecule has 0 bridgehead atoms. The first kappa shape index (κ1) is 17.1. The zero-order valence-electron chi connectivity index (χ0n) is 15.6. The lowest BCUT2D eigenvalue weighted by atomic mass is 9.47. The van der Waals surface area contributed by atoms with Crippen LogP contribution in [0.2, 0.25) is 6.82 Å². The molecular weight excluding hydrogens is 297 g/mol. The monoisotopic (exact) mass is 331 g/mol. The van der Waals surface area contributed by atoms with Crippen LogP contribution in [0, 0.1) is 28.6 Å². The Bertz CT molecular complexity index is 536. The first-order chi connectivity index (χ1) is 11.3. The van der Waals surface area contributed by atoms with Gasteiger partial charge in [0, 0.05) is 6.04 Å². The number of aliphatic hydroxyl groups excluding tert-OH is 1. The summed E-state index contributed by atoms with van der Waals surface area (Å²) in [5.41, 5.74) is 2.23. The molecule has 0 spiro atoms. The third-order valence-corrected chi connectivity index (χ3v) is 8.52. The minimum atomic E-state index is -0.404.